The maximum atomic E-state index is 11.8. The summed E-state index contributed by atoms with van der Waals surface area (Å²) in [5, 5.41) is 4.49. The Kier molecular flexibility index (Phi) is 3.82. The second-order valence-corrected chi connectivity index (χ2v) is 4.98. The second kappa shape index (κ2) is 5.36. The van der Waals surface area contributed by atoms with Crippen LogP contribution in [0.5, 0.6) is 0 Å². The summed E-state index contributed by atoms with van der Waals surface area (Å²) in [7, 11) is 0. The van der Waals surface area contributed by atoms with Crippen LogP contribution in [0, 0.1) is 5.92 Å². The molecule has 1 aromatic carbocycles. The number of halogens is 1. The summed E-state index contributed by atoms with van der Waals surface area (Å²) in [6, 6.07) is 8.98. The highest BCUT2D eigenvalue weighted by Gasteiger charge is 2.16. The van der Waals surface area contributed by atoms with E-state index in [-0.39, 0.29) is 5.78 Å². The summed E-state index contributed by atoms with van der Waals surface area (Å²) in [5.74, 6) is 0.556. The fraction of sp³-hybridized carbons (Fsp3) is 0.286. The van der Waals surface area contributed by atoms with Gasteiger partial charge in [-0.3, -0.25) is 4.79 Å². The van der Waals surface area contributed by atoms with Gasteiger partial charge in [0.25, 0.3) is 0 Å². The van der Waals surface area contributed by atoms with Crippen LogP contribution in [0.4, 0.5) is 0 Å². The SMILES string of the molecule is CC(C)CC(=O)c1cc(-c2ccccc2Cl)no1. The van der Waals surface area contributed by atoms with Crippen molar-refractivity contribution in [2.24, 2.45) is 5.92 Å². The number of hydrogen-bond donors (Lipinski definition) is 0. The zero-order valence-electron chi connectivity index (χ0n) is 10.3. The average molecular weight is 264 g/mol. The summed E-state index contributed by atoms with van der Waals surface area (Å²) >= 11 is 6.07. The molecule has 0 fully saturated rings. The van der Waals surface area contributed by atoms with Gasteiger partial charge in [0.1, 0.15) is 5.69 Å². The van der Waals surface area contributed by atoms with Gasteiger partial charge < -0.3 is 4.52 Å². The van der Waals surface area contributed by atoms with Gasteiger partial charge in [-0.05, 0) is 12.0 Å². The number of ketones is 1. The summed E-state index contributed by atoms with van der Waals surface area (Å²) in [6.45, 7) is 3.98. The van der Waals surface area contributed by atoms with Crippen molar-refractivity contribution in [3.05, 3.63) is 41.1 Å². The van der Waals surface area contributed by atoms with Crippen molar-refractivity contribution < 1.29 is 9.32 Å². The summed E-state index contributed by atoms with van der Waals surface area (Å²) in [4.78, 5) is 11.8. The average Bonchev–Trinajstić information content (AvgIpc) is 2.78. The Morgan fingerprint density at radius 2 is 2.11 bits per heavy atom. The molecular formula is C14H14ClNO2. The van der Waals surface area contributed by atoms with Crippen molar-refractivity contribution >= 4 is 17.4 Å². The van der Waals surface area contributed by atoms with Crippen LogP contribution in [-0.2, 0) is 0 Å². The smallest absolute Gasteiger partial charge is 0.203 e. The summed E-state index contributed by atoms with van der Waals surface area (Å²) < 4.78 is 5.08. The molecule has 0 N–H and O–H groups in total. The minimum absolute atomic E-state index is 0.0317. The lowest BCUT2D eigenvalue weighted by Crippen LogP contribution is -2.01. The van der Waals surface area contributed by atoms with E-state index < -0.39 is 0 Å². The van der Waals surface area contributed by atoms with Crippen LogP contribution in [0.25, 0.3) is 11.3 Å². The molecule has 18 heavy (non-hydrogen) atoms. The standard InChI is InChI=1S/C14H14ClNO2/c1-9(2)7-13(17)14-8-12(16-18-14)10-5-3-4-6-11(10)15/h3-6,8-9H,7H2,1-2H3. The third-order valence-electron chi connectivity index (χ3n) is 2.53. The van der Waals surface area contributed by atoms with Crippen molar-refractivity contribution in [1.82, 2.24) is 5.16 Å². The number of nitrogens with zero attached hydrogens (tertiary/aromatic N) is 1. The van der Waals surface area contributed by atoms with Gasteiger partial charge in [-0.25, -0.2) is 0 Å². The van der Waals surface area contributed by atoms with E-state index in [2.05, 4.69) is 5.16 Å². The van der Waals surface area contributed by atoms with Gasteiger partial charge in [-0.2, -0.15) is 0 Å². The van der Waals surface area contributed by atoms with E-state index in [1.165, 1.54) is 0 Å². The molecule has 0 unspecified atom stereocenters. The Hall–Kier alpha value is -1.61. The van der Waals surface area contributed by atoms with Gasteiger partial charge >= 0.3 is 0 Å². The fourth-order valence-electron chi connectivity index (χ4n) is 1.67. The van der Waals surface area contributed by atoms with Crippen LogP contribution in [0.3, 0.4) is 0 Å². The Bertz CT molecular complexity index is 560. The second-order valence-electron chi connectivity index (χ2n) is 4.58. The van der Waals surface area contributed by atoms with E-state index in [0.29, 0.717) is 28.8 Å². The highest BCUT2D eigenvalue weighted by Crippen LogP contribution is 2.27. The molecule has 0 saturated heterocycles. The lowest BCUT2D eigenvalue weighted by molar-refractivity contribution is 0.0931. The monoisotopic (exact) mass is 263 g/mol. The number of carbonyl (C=O) groups excluding carboxylic acids is 1. The predicted molar refractivity (Wildman–Crippen MR) is 70.7 cm³/mol. The van der Waals surface area contributed by atoms with Crippen LogP contribution in [0.2, 0.25) is 5.02 Å². The molecule has 94 valence electrons. The van der Waals surface area contributed by atoms with E-state index in [9.17, 15) is 4.79 Å². The van der Waals surface area contributed by atoms with Gasteiger partial charge in [0.2, 0.25) is 11.5 Å². The number of rotatable bonds is 4. The molecule has 0 aliphatic rings. The molecule has 1 heterocycles. The third-order valence-corrected chi connectivity index (χ3v) is 2.86. The number of hydrogen-bond acceptors (Lipinski definition) is 3. The van der Waals surface area contributed by atoms with Crippen molar-refractivity contribution in [3.63, 3.8) is 0 Å². The van der Waals surface area contributed by atoms with Gasteiger partial charge in [-0.1, -0.05) is 48.8 Å². The van der Waals surface area contributed by atoms with Crippen LogP contribution >= 0.6 is 11.6 Å². The Morgan fingerprint density at radius 3 is 2.78 bits per heavy atom. The molecule has 0 saturated carbocycles. The number of benzene rings is 1. The van der Waals surface area contributed by atoms with Crippen molar-refractivity contribution in [2.75, 3.05) is 0 Å². The lowest BCUT2D eigenvalue weighted by atomic mass is 10.0. The normalized spacial score (nSPS) is 10.9. The highest BCUT2D eigenvalue weighted by molar-refractivity contribution is 6.33. The van der Waals surface area contributed by atoms with Gasteiger partial charge in [0, 0.05) is 18.1 Å². The molecule has 0 aliphatic heterocycles. The van der Waals surface area contributed by atoms with Crippen LogP contribution < -0.4 is 0 Å². The van der Waals surface area contributed by atoms with Gasteiger partial charge in [-0.15, -0.1) is 0 Å². The molecule has 3 nitrogen and oxygen atoms in total. The van der Waals surface area contributed by atoms with E-state index in [1.807, 2.05) is 32.0 Å². The maximum Gasteiger partial charge on any atom is 0.203 e. The highest BCUT2D eigenvalue weighted by atomic mass is 35.5. The molecule has 0 spiro atoms. The molecule has 4 heteroatoms. The van der Waals surface area contributed by atoms with Gasteiger partial charge in [0.05, 0.1) is 5.02 Å². The first kappa shape index (κ1) is 12.8. The first-order valence-electron chi connectivity index (χ1n) is 5.82. The first-order chi connectivity index (χ1) is 8.58. The Balaban J connectivity index is 2.26. The topological polar surface area (TPSA) is 43.1 Å². The molecule has 0 atom stereocenters. The minimum Gasteiger partial charge on any atom is -0.352 e. The van der Waals surface area contributed by atoms with E-state index in [4.69, 9.17) is 16.1 Å². The van der Waals surface area contributed by atoms with E-state index in [1.54, 1.807) is 12.1 Å². The van der Waals surface area contributed by atoms with Gasteiger partial charge in [0.15, 0.2) is 0 Å². The molecule has 0 bridgehead atoms. The molecule has 0 aliphatic carbocycles. The minimum atomic E-state index is -0.0317. The molecule has 2 rings (SSSR count). The fourth-order valence-corrected chi connectivity index (χ4v) is 1.91. The largest absolute Gasteiger partial charge is 0.352 e. The third kappa shape index (κ3) is 2.79. The van der Waals surface area contributed by atoms with E-state index in [0.717, 1.165) is 5.56 Å². The number of aromatic nitrogens is 1. The zero-order chi connectivity index (χ0) is 13.1. The maximum absolute atomic E-state index is 11.8. The zero-order valence-corrected chi connectivity index (χ0v) is 11.1. The molecular weight excluding hydrogens is 250 g/mol. The first-order valence-corrected chi connectivity index (χ1v) is 6.20. The van der Waals surface area contributed by atoms with Crippen molar-refractivity contribution in [3.8, 4) is 11.3 Å². The predicted octanol–water partition coefficient (Wildman–Crippen LogP) is 4.22. The van der Waals surface area contributed by atoms with Crippen molar-refractivity contribution in [2.45, 2.75) is 20.3 Å². The van der Waals surface area contributed by atoms with Crippen LogP contribution in [-0.4, -0.2) is 10.9 Å². The van der Waals surface area contributed by atoms with Crippen LogP contribution in [0.15, 0.2) is 34.9 Å². The van der Waals surface area contributed by atoms with Crippen LogP contribution in [0.1, 0.15) is 30.8 Å². The molecule has 0 radical (unpaired) electrons. The number of carbonyl (C=O) groups is 1. The summed E-state index contributed by atoms with van der Waals surface area (Å²) in [5.41, 5.74) is 1.36. The molecule has 1 aromatic heterocycles. The van der Waals surface area contributed by atoms with E-state index >= 15 is 0 Å². The molecule has 0 amide bonds. The summed E-state index contributed by atoms with van der Waals surface area (Å²) in [6.07, 6.45) is 0.456. The van der Waals surface area contributed by atoms with Crippen molar-refractivity contribution in [1.29, 1.82) is 0 Å². The Labute approximate surface area is 111 Å². The molecule has 2 aromatic rings. The number of Topliss-reactive ketones (excluding diaryl/α,β-unsaturated/α-hetero) is 1. The quantitative estimate of drug-likeness (QED) is 0.776. The lowest BCUT2D eigenvalue weighted by Gasteiger charge is -1.99. The Morgan fingerprint density at radius 1 is 1.39 bits per heavy atom.